The predicted octanol–water partition coefficient (Wildman–Crippen LogP) is 4.34. The van der Waals surface area contributed by atoms with Crippen LogP contribution in [0.2, 0.25) is 0 Å². The number of carbonyl (C=O) groups is 1. The Labute approximate surface area is 135 Å². The molecule has 4 unspecified atom stereocenters. The molecule has 4 saturated carbocycles. The zero-order valence-electron chi connectivity index (χ0n) is 15.1. The summed E-state index contributed by atoms with van der Waals surface area (Å²) >= 11 is 0. The Bertz CT molecular complexity index is 476. The largest absolute Gasteiger partial charge is 0.459 e. The van der Waals surface area contributed by atoms with Gasteiger partial charge in [-0.15, -0.1) is 0 Å². The fourth-order valence-electron chi connectivity index (χ4n) is 5.68. The number of ether oxygens (including phenoxy) is 2. The average molecular weight is 308 g/mol. The van der Waals surface area contributed by atoms with E-state index in [1.54, 1.807) is 0 Å². The Hall–Kier alpha value is -0.570. The molecule has 4 bridgehead atoms. The number of hydrogen-bond donors (Lipinski definition) is 0. The van der Waals surface area contributed by atoms with E-state index in [0.717, 1.165) is 19.3 Å². The van der Waals surface area contributed by atoms with Crippen molar-refractivity contribution in [1.82, 2.24) is 0 Å². The van der Waals surface area contributed by atoms with Gasteiger partial charge in [-0.2, -0.15) is 0 Å². The molecule has 0 saturated heterocycles. The number of esters is 1. The molecular formula is C19H32O3. The normalized spacial score (nSPS) is 39.7. The van der Waals surface area contributed by atoms with Gasteiger partial charge in [0.1, 0.15) is 5.60 Å². The molecule has 126 valence electrons. The molecule has 0 radical (unpaired) electrons. The van der Waals surface area contributed by atoms with E-state index in [-0.39, 0.29) is 28.0 Å². The summed E-state index contributed by atoms with van der Waals surface area (Å²) in [5.74, 6) is 1.31. The van der Waals surface area contributed by atoms with Gasteiger partial charge < -0.3 is 9.47 Å². The van der Waals surface area contributed by atoms with E-state index >= 15 is 0 Å². The van der Waals surface area contributed by atoms with Crippen molar-refractivity contribution >= 4 is 5.97 Å². The standard InChI is InChI=1S/C19H32O3/c1-16(2,3)8-7-15(20)22-17(4,5)18-10-14-9-13(18)11-19(14,12-18)21-6/h13-14H,7-12H2,1-6H3. The van der Waals surface area contributed by atoms with Crippen LogP contribution in [0.15, 0.2) is 0 Å². The Morgan fingerprint density at radius 3 is 2.27 bits per heavy atom. The molecule has 0 aromatic heterocycles. The van der Waals surface area contributed by atoms with Crippen molar-refractivity contribution in [2.24, 2.45) is 22.7 Å². The van der Waals surface area contributed by atoms with E-state index in [1.807, 2.05) is 7.11 Å². The van der Waals surface area contributed by atoms with Crippen molar-refractivity contribution in [3.63, 3.8) is 0 Å². The lowest BCUT2D eigenvalue weighted by Gasteiger charge is -2.43. The minimum Gasteiger partial charge on any atom is -0.459 e. The van der Waals surface area contributed by atoms with Crippen LogP contribution < -0.4 is 0 Å². The molecule has 0 aromatic rings. The quantitative estimate of drug-likeness (QED) is 0.709. The Kier molecular flexibility index (Phi) is 3.49. The van der Waals surface area contributed by atoms with Crippen LogP contribution in [0.5, 0.6) is 0 Å². The second-order valence-electron chi connectivity index (χ2n) is 9.68. The molecule has 0 aromatic carbocycles. The van der Waals surface area contributed by atoms with Crippen molar-refractivity contribution in [1.29, 1.82) is 0 Å². The van der Waals surface area contributed by atoms with Crippen LogP contribution in [0.4, 0.5) is 0 Å². The fraction of sp³-hybridized carbons (Fsp3) is 0.947. The average Bonchev–Trinajstić information content (AvgIpc) is 3.06. The van der Waals surface area contributed by atoms with Gasteiger partial charge in [-0.25, -0.2) is 0 Å². The van der Waals surface area contributed by atoms with Crippen LogP contribution in [0.3, 0.4) is 0 Å². The molecular weight excluding hydrogens is 276 g/mol. The summed E-state index contributed by atoms with van der Waals surface area (Å²) in [5.41, 5.74) is 0.0257. The smallest absolute Gasteiger partial charge is 0.306 e. The van der Waals surface area contributed by atoms with E-state index in [9.17, 15) is 4.79 Å². The minimum atomic E-state index is -0.377. The summed E-state index contributed by atoms with van der Waals surface area (Å²) in [4.78, 5) is 12.3. The lowest BCUT2D eigenvalue weighted by atomic mass is 9.68. The molecule has 4 fully saturated rings. The number of carbonyl (C=O) groups excluding carboxylic acids is 1. The van der Waals surface area contributed by atoms with Crippen molar-refractivity contribution in [2.75, 3.05) is 7.11 Å². The summed E-state index contributed by atoms with van der Waals surface area (Å²) in [5, 5.41) is 0. The van der Waals surface area contributed by atoms with Crippen LogP contribution in [-0.4, -0.2) is 24.3 Å². The predicted molar refractivity (Wildman–Crippen MR) is 86.5 cm³/mol. The van der Waals surface area contributed by atoms with Gasteiger partial charge in [-0.1, -0.05) is 20.8 Å². The third-order valence-electron chi connectivity index (χ3n) is 6.97. The van der Waals surface area contributed by atoms with Crippen molar-refractivity contribution < 1.29 is 14.3 Å². The molecule has 22 heavy (non-hydrogen) atoms. The van der Waals surface area contributed by atoms with E-state index < -0.39 is 0 Å². The first-order valence-corrected chi connectivity index (χ1v) is 8.81. The van der Waals surface area contributed by atoms with Crippen LogP contribution in [0.25, 0.3) is 0 Å². The Balaban J connectivity index is 1.69. The topological polar surface area (TPSA) is 35.5 Å². The van der Waals surface area contributed by atoms with E-state index in [1.165, 1.54) is 12.8 Å². The highest BCUT2D eigenvalue weighted by molar-refractivity contribution is 5.70. The van der Waals surface area contributed by atoms with Crippen LogP contribution >= 0.6 is 0 Å². The van der Waals surface area contributed by atoms with Gasteiger partial charge in [0, 0.05) is 18.9 Å². The van der Waals surface area contributed by atoms with E-state index in [4.69, 9.17) is 9.47 Å². The molecule has 0 amide bonds. The monoisotopic (exact) mass is 308 g/mol. The highest BCUT2D eigenvalue weighted by Gasteiger charge is 2.75. The molecule has 4 atom stereocenters. The fourth-order valence-corrected chi connectivity index (χ4v) is 5.68. The van der Waals surface area contributed by atoms with Crippen molar-refractivity contribution in [3.05, 3.63) is 0 Å². The molecule has 0 N–H and O–H groups in total. The second kappa shape index (κ2) is 4.72. The minimum absolute atomic E-state index is 0.0340. The lowest BCUT2D eigenvalue weighted by Crippen LogP contribution is -2.47. The van der Waals surface area contributed by atoms with Crippen molar-refractivity contribution in [2.45, 2.75) is 84.3 Å². The van der Waals surface area contributed by atoms with Crippen LogP contribution in [-0.2, 0) is 14.3 Å². The van der Waals surface area contributed by atoms with Gasteiger partial charge in [0.15, 0.2) is 0 Å². The molecule has 0 aliphatic heterocycles. The lowest BCUT2D eigenvalue weighted by molar-refractivity contribution is -0.174. The van der Waals surface area contributed by atoms with E-state index in [0.29, 0.717) is 18.3 Å². The van der Waals surface area contributed by atoms with Crippen LogP contribution in [0.1, 0.15) is 73.1 Å². The maximum absolute atomic E-state index is 12.3. The van der Waals surface area contributed by atoms with Crippen molar-refractivity contribution in [3.8, 4) is 0 Å². The summed E-state index contributed by atoms with van der Waals surface area (Å²) in [6, 6.07) is 0. The summed E-state index contributed by atoms with van der Waals surface area (Å²) in [6.07, 6.45) is 6.07. The summed E-state index contributed by atoms with van der Waals surface area (Å²) in [7, 11) is 1.86. The van der Waals surface area contributed by atoms with Gasteiger partial charge in [-0.05, 0) is 63.2 Å². The summed E-state index contributed by atoms with van der Waals surface area (Å²) in [6.45, 7) is 10.8. The highest BCUT2D eigenvalue weighted by Crippen LogP contribution is 2.76. The molecule has 4 rings (SSSR count). The van der Waals surface area contributed by atoms with Gasteiger partial charge in [-0.3, -0.25) is 4.79 Å². The first-order valence-electron chi connectivity index (χ1n) is 8.81. The van der Waals surface area contributed by atoms with Gasteiger partial charge in [0.25, 0.3) is 0 Å². The summed E-state index contributed by atoms with van der Waals surface area (Å²) < 4.78 is 12.0. The highest BCUT2D eigenvalue weighted by atomic mass is 16.6. The molecule has 3 heteroatoms. The van der Waals surface area contributed by atoms with E-state index in [2.05, 4.69) is 34.6 Å². The molecule has 4 aliphatic rings. The van der Waals surface area contributed by atoms with Crippen LogP contribution in [0, 0.1) is 22.7 Å². The molecule has 0 heterocycles. The van der Waals surface area contributed by atoms with Gasteiger partial charge in [0.05, 0.1) is 5.60 Å². The number of rotatable bonds is 5. The number of methoxy groups -OCH3 is 1. The van der Waals surface area contributed by atoms with Gasteiger partial charge in [0.2, 0.25) is 0 Å². The Morgan fingerprint density at radius 1 is 1.14 bits per heavy atom. The SMILES string of the molecule is COC12CC3CC1CC3(C(C)(C)OC(=O)CCC(C)(C)C)C2. The molecule has 3 nitrogen and oxygen atoms in total. The second-order valence-corrected chi connectivity index (χ2v) is 9.68. The molecule has 0 spiro atoms. The molecule has 4 aliphatic carbocycles. The first kappa shape index (κ1) is 16.3. The number of hydrogen-bond acceptors (Lipinski definition) is 3. The maximum Gasteiger partial charge on any atom is 0.306 e. The Morgan fingerprint density at radius 2 is 1.82 bits per heavy atom. The third kappa shape index (κ3) is 2.23. The van der Waals surface area contributed by atoms with Gasteiger partial charge >= 0.3 is 5.97 Å². The maximum atomic E-state index is 12.3. The first-order chi connectivity index (χ1) is 10.0. The zero-order valence-corrected chi connectivity index (χ0v) is 15.1. The zero-order chi connectivity index (χ0) is 16.4. The third-order valence-corrected chi connectivity index (χ3v) is 6.97.